The van der Waals surface area contributed by atoms with Crippen LogP contribution in [0.2, 0.25) is 5.15 Å². The van der Waals surface area contributed by atoms with Crippen molar-refractivity contribution in [1.82, 2.24) is 4.98 Å². The average Bonchev–Trinajstić information content (AvgIpc) is 2.38. The van der Waals surface area contributed by atoms with Gasteiger partial charge >= 0.3 is 0 Å². The first-order chi connectivity index (χ1) is 8.60. The Bertz CT molecular complexity index is 449. The predicted molar refractivity (Wildman–Crippen MR) is 72.9 cm³/mol. The van der Waals surface area contributed by atoms with Crippen LogP contribution in [-0.2, 0) is 4.74 Å². The van der Waals surface area contributed by atoms with Crippen LogP contribution < -0.4 is 5.32 Å². The number of hydrogen-bond donors (Lipinski definition) is 1. The molecular formula is C14H19ClN2O. The van der Waals surface area contributed by atoms with Gasteiger partial charge in [0.15, 0.2) is 5.15 Å². The molecule has 0 aromatic carbocycles. The molecule has 0 amide bonds. The van der Waals surface area contributed by atoms with Crippen LogP contribution in [0.15, 0.2) is 18.3 Å². The highest BCUT2D eigenvalue weighted by molar-refractivity contribution is 6.31. The van der Waals surface area contributed by atoms with Crippen molar-refractivity contribution in [2.45, 2.75) is 38.8 Å². The highest BCUT2D eigenvalue weighted by Gasteiger charge is 2.57. The SMILES string of the molecule is CC1(C)C(Nc2cccnc2Cl)C2CCCOC21. The fourth-order valence-corrected chi connectivity index (χ4v) is 3.65. The molecule has 2 heterocycles. The summed E-state index contributed by atoms with van der Waals surface area (Å²) in [5.41, 5.74) is 1.09. The van der Waals surface area contributed by atoms with E-state index in [-0.39, 0.29) is 5.41 Å². The van der Waals surface area contributed by atoms with Crippen molar-refractivity contribution in [1.29, 1.82) is 0 Å². The van der Waals surface area contributed by atoms with Gasteiger partial charge < -0.3 is 10.1 Å². The standard InChI is InChI=1S/C14H19ClN2O/c1-14(2)11(9-5-4-8-18-12(9)14)17-10-6-3-7-16-13(10)15/h3,6-7,9,11-12,17H,4-5,8H2,1-2H3. The number of fused-ring (bicyclic) bond motifs is 1. The van der Waals surface area contributed by atoms with Crippen LogP contribution in [0.4, 0.5) is 5.69 Å². The summed E-state index contributed by atoms with van der Waals surface area (Å²) in [6.07, 6.45) is 4.51. The largest absolute Gasteiger partial charge is 0.379 e. The molecule has 3 rings (SSSR count). The van der Waals surface area contributed by atoms with E-state index in [9.17, 15) is 0 Å². The van der Waals surface area contributed by atoms with Gasteiger partial charge in [-0.3, -0.25) is 0 Å². The number of rotatable bonds is 2. The molecule has 2 aliphatic rings. The van der Waals surface area contributed by atoms with Crippen molar-refractivity contribution in [2.75, 3.05) is 11.9 Å². The lowest BCUT2D eigenvalue weighted by atomic mass is 9.55. The maximum atomic E-state index is 6.11. The molecule has 18 heavy (non-hydrogen) atoms. The number of nitrogens with zero attached hydrogens (tertiary/aromatic N) is 1. The molecule has 0 bridgehead atoms. The number of anilines is 1. The molecule has 3 atom stereocenters. The molecule has 3 nitrogen and oxygen atoms in total. The number of ether oxygens (including phenoxy) is 1. The predicted octanol–water partition coefficient (Wildman–Crippen LogP) is 3.35. The van der Waals surface area contributed by atoms with E-state index < -0.39 is 0 Å². The Balaban J connectivity index is 1.78. The minimum atomic E-state index is 0.157. The molecule has 1 aliphatic heterocycles. The Morgan fingerprint density at radius 1 is 1.50 bits per heavy atom. The molecule has 1 aromatic rings. The van der Waals surface area contributed by atoms with Crippen LogP contribution in [0, 0.1) is 11.3 Å². The second kappa shape index (κ2) is 4.39. The second-order valence-electron chi connectivity index (χ2n) is 5.88. The van der Waals surface area contributed by atoms with Crippen LogP contribution >= 0.6 is 11.6 Å². The molecule has 98 valence electrons. The third-order valence-corrected chi connectivity index (χ3v) is 4.70. The summed E-state index contributed by atoms with van der Waals surface area (Å²) in [5.74, 6) is 0.602. The first-order valence-corrected chi connectivity index (χ1v) is 6.97. The van der Waals surface area contributed by atoms with Gasteiger partial charge in [-0.15, -0.1) is 0 Å². The van der Waals surface area contributed by atoms with Crippen molar-refractivity contribution in [3.63, 3.8) is 0 Å². The Morgan fingerprint density at radius 2 is 2.33 bits per heavy atom. The Kier molecular flexibility index (Phi) is 2.99. The third-order valence-electron chi connectivity index (χ3n) is 4.40. The molecule has 1 N–H and O–H groups in total. The quantitative estimate of drug-likeness (QED) is 0.834. The highest BCUT2D eigenvalue weighted by atomic mass is 35.5. The van der Waals surface area contributed by atoms with E-state index in [4.69, 9.17) is 16.3 Å². The summed E-state index contributed by atoms with van der Waals surface area (Å²) in [6, 6.07) is 4.32. The molecule has 1 saturated heterocycles. The molecule has 2 fully saturated rings. The van der Waals surface area contributed by atoms with Crippen molar-refractivity contribution >= 4 is 17.3 Å². The number of halogens is 1. The molecule has 1 aromatic heterocycles. The first-order valence-electron chi connectivity index (χ1n) is 6.59. The molecule has 1 saturated carbocycles. The lowest BCUT2D eigenvalue weighted by Gasteiger charge is -2.60. The van der Waals surface area contributed by atoms with E-state index in [0.717, 1.165) is 18.7 Å². The molecule has 4 heteroatoms. The van der Waals surface area contributed by atoms with Crippen LogP contribution in [0.5, 0.6) is 0 Å². The fourth-order valence-electron chi connectivity index (χ4n) is 3.48. The van der Waals surface area contributed by atoms with Gasteiger partial charge in [0.2, 0.25) is 0 Å². The van der Waals surface area contributed by atoms with Crippen molar-refractivity contribution in [2.24, 2.45) is 11.3 Å². The summed E-state index contributed by atoms with van der Waals surface area (Å²) in [5, 5.41) is 4.11. The monoisotopic (exact) mass is 266 g/mol. The van der Waals surface area contributed by atoms with Gasteiger partial charge in [-0.25, -0.2) is 4.98 Å². The summed E-state index contributed by atoms with van der Waals surface area (Å²) < 4.78 is 5.90. The number of hydrogen-bond acceptors (Lipinski definition) is 3. The van der Waals surface area contributed by atoms with Gasteiger partial charge in [0, 0.05) is 30.2 Å². The van der Waals surface area contributed by atoms with Crippen LogP contribution in [-0.4, -0.2) is 23.7 Å². The zero-order valence-corrected chi connectivity index (χ0v) is 11.6. The smallest absolute Gasteiger partial charge is 0.152 e. The van der Waals surface area contributed by atoms with Crippen LogP contribution in [0.3, 0.4) is 0 Å². The summed E-state index contributed by atoms with van der Waals surface area (Å²) in [6.45, 7) is 5.44. The Morgan fingerprint density at radius 3 is 3.11 bits per heavy atom. The normalized spacial score (nSPS) is 33.4. The van der Waals surface area contributed by atoms with Crippen LogP contribution in [0.25, 0.3) is 0 Å². The van der Waals surface area contributed by atoms with E-state index in [1.807, 2.05) is 12.1 Å². The van der Waals surface area contributed by atoms with Gasteiger partial charge in [-0.1, -0.05) is 25.4 Å². The van der Waals surface area contributed by atoms with E-state index in [1.54, 1.807) is 6.20 Å². The van der Waals surface area contributed by atoms with Crippen LogP contribution in [0.1, 0.15) is 26.7 Å². The van der Waals surface area contributed by atoms with Crippen molar-refractivity contribution < 1.29 is 4.74 Å². The van der Waals surface area contributed by atoms with Gasteiger partial charge in [0.1, 0.15) is 0 Å². The minimum absolute atomic E-state index is 0.157. The fraction of sp³-hybridized carbons (Fsp3) is 0.643. The zero-order chi connectivity index (χ0) is 12.8. The van der Waals surface area contributed by atoms with E-state index >= 15 is 0 Å². The van der Waals surface area contributed by atoms with E-state index in [1.165, 1.54) is 6.42 Å². The van der Waals surface area contributed by atoms with E-state index in [2.05, 4.69) is 24.1 Å². The molecular weight excluding hydrogens is 248 g/mol. The van der Waals surface area contributed by atoms with Crippen molar-refractivity contribution in [3.8, 4) is 0 Å². The molecule has 0 spiro atoms. The lowest BCUT2D eigenvalue weighted by Crippen LogP contribution is -2.67. The number of pyridine rings is 1. The zero-order valence-electron chi connectivity index (χ0n) is 10.8. The summed E-state index contributed by atoms with van der Waals surface area (Å²) >= 11 is 6.11. The minimum Gasteiger partial charge on any atom is -0.379 e. The molecule has 0 radical (unpaired) electrons. The Labute approximate surface area is 113 Å². The van der Waals surface area contributed by atoms with E-state index in [0.29, 0.717) is 23.2 Å². The lowest BCUT2D eigenvalue weighted by molar-refractivity contribution is -0.177. The first kappa shape index (κ1) is 12.2. The van der Waals surface area contributed by atoms with Crippen molar-refractivity contribution in [3.05, 3.63) is 23.5 Å². The average molecular weight is 267 g/mol. The van der Waals surface area contributed by atoms with Gasteiger partial charge in [-0.05, 0) is 25.0 Å². The maximum absolute atomic E-state index is 6.11. The molecule has 1 aliphatic carbocycles. The van der Waals surface area contributed by atoms with Gasteiger partial charge in [-0.2, -0.15) is 0 Å². The topological polar surface area (TPSA) is 34.2 Å². The van der Waals surface area contributed by atoms with Gasteiger partial charge in [0.05, 0.1) is 11.8 Å². The number of nitrogens with one attached hydrogen (secondary N) is 1. The molecule has 3 unspecified atom stereocenters. The second-order valence-corrected chi connectivity index (χ2v) is 6.24. The summed E-state index contributed by atoms with van der Waals surface area (Å²) in [4.78, 5) is 4.11. The van der Waals surface area contributed by atoms with Gasteiger partial charge in [0.25, 0.3) is 0 Å². The number of aromatic nitrogens is 1. The maximum Gasteiger partial charge on any atom is 0.152 e. The highest BCUT2D eigenvalue weighted by Crippen LogP contribution is 2.52. The Hall–Kier alpha value is -0.800. The third kappa shape index (κ3) is 1.81. The summed E-state index contributed by atoms with van der Waals surface area (Å²) in [7, 11) is 0.